The molecule has 0 aromatic heterocycles. The maximum absolute atomic E-state index is 13.7. The van der Waals surface area contributed by atoms with Crippen LogP contribution >= 0.6 is 11.6 Å². The summed E-state index contributed by atoms with van der Waals surface area (Å²) in [6.07, 6.45) is -0.128. The van der Waals surface area contributed by atoms with Gasteiger partial charge in [-0.05, 0) is 72.6 Å². The lowest BCUT2D eigenvalue weighted by Crippen LogP contribution is -2.46. The van der Waals surface area contributed by atoms with Gasteiger partial charge in [-0.25, -0.2) is 17.7 Å². The van der Waals surface area contributed by atoms with Gasteiger partial charge in [-0.15, -0.1) is 0 Å². The van der Waals surface area contributed by atoms with Crippen molar-refractivity contribution in [3.8, 4) is 11.5 Å². The second kappa shape index (κ2) is 10.9. The molecule has 0 spiro atoms. The Morgan fingerprint density at radius 2 is 1.62 bits per heavy atom. The number of sulfonamides is 1. The zero-order valence-electron chi connectivity index (χ0n) is 20.1. The van der Waals surface area contributed by atoms with E-state index in [1.54, 1.807) is 18.2 Å². The number of ether oxygens (including phenoxy) is 2. The average molecular weight is 547 g/mol. The highest BCUT2D eigenvalue weighted by atomic mass is 35.5. The molecule has 0 aliphatic carbocycles. The summed E-state index contributed by atoms with van der Waals surface area (Å²) in [7, 11) is -1.21. The number of hydrogen-bond donors (Lipinski definition) is 0. The Hall–Kier alpha value is -3.47. The van der Waals surface area contributed by atoms with Crippen molar-refractivity contribution < 1.29 is 31.9 Å². The van der Waals surface area contributed by atoms with Crippen LogP contribution in [0.1, 0.15) is 12.0 Å². The van der Waals surface area contributed by atoms with E-state index in [-0.39, 0.29) is 30.0 Å². The number of hydrogen-bond acceptors (Lipinski definition) is 6. The number of carbonyl (C=O) groups is 2. The summed E-state index contributed by atoms with van der Waals surface area (Å²) in [5, 5.41) is 0.352. The lowest BCUT2D eigenvalue weighted by molar-refractivity contribution is -0.122. The number of halogens is 2. The van der Waals surface area contributed by atoms with E-state index in [4.69, 9.17) is 21.1 Å². The molecule has 0 N–H and O–H groups in total. The van der Waals surface area contributed by atoms with Crippen LogP contribution in [0.25, 0.3) is 0 Å². The van der Waals surface area contributed by atoms with Crippen LogP contribution in [0.5, 0.6) is 11.5 Å². The average Bonchev–Trinajstić information content (AvgIpc) is 3.17. The number of rotatable bonds is 9. The van der Waals surface area contributed by atoms with Crippen molar-refractivity contribution in [3.63, 3.8) is 0 Å². The van der Waals surface area contributed by atoms with Crippen LogP contribution in [-0.2, 0) is 26.0 Å². The first-order valence-electron chi connectivity index (χ1n) is 11.3. The lowest BCUT2D eigenvalue weighted by Gasteiger charge is -2.27. The van der Waals surface area contributed by atoms with Gasteiger partial charge in [-0.3, -0.25) is 9.59 Å². The highest BCUT2D eigenvalue weighted by Gasteiger charge is 2.46. The molecule has 2 amide bonds. The van der Waals surface area contributed by atoms with Crippen LogP contribution in [0.15, 0.2) is 71.6 Å². The summed E-state index contributed by atoms with van der Waals surface area (Å²) < 4.78 is 52.5. The monoisotopic (exact) mass is 546 g/mol. The minimum atomic E-state index is -4.21. The fraction of sp³-hybridized carbons (Fsp3) is 0.231. The minimum absolute atomic E-state index is 0.0651. The molecule has 37 heavy (non-hydrogen) atoms. The van der Waals surface area contributed by atoms with Crippen LogP contribution in [0.4, 0.5) is 10.1 Å². The van der Waals surface area contributed by atoms with Crippen molar-refractivity contribution >= 4 is 39.1 Å². The molecular weight excluding hydrogens is 523 g/mol. The number of nitrogens with zero attached hydrogens (tertiary/aromatic N) is 2. The van der Waals surface area contributed by atoms with Crippen molar-refractivity contribution in [1.29, 1.82) is 0 Å². The molecule has 194 valence electrons. The molecule has 1 saturated heterocycles. The summed E-state index contributed by atoms with van der Waals surface area (Å²) >= 11 is 5.94. The van der Waals surface area contributed by atoms with E-state index in [0.717, 1.165) is 26.9 Å². The topological polar surface area (TPSA) is 93.2 Å². The van der Waals surface area contributed by atoms with Crippen molar-refractivity contribution in [2.24, 2.45) is 0 Å². The Bertz CT molecular complexity index is 1410. The van der Waals surface area contributed by atoms with Gasteiger partial charge in [0, 0.05) is 11.6 Å². The summed E-state index contributed by atoms with van der Waals surface area (Å²) in [5.74, 6) is -0.822. The fourth-order valence-electron chi connectivity index (χ4n) is 4.16. The van der Waals surface area contributed by atoms with Gasteiger partial charge in [0.15, 0.2) is 11.5 Å². The van der Waals surface area contributed by atoms with E-state index in [1.807, 2.05) is 0 Å². The van der Waals surface area contributed by atoms with Crippen LogP contribution in [0.2, 0.25) is 5.02 Å². The Kier molecular flexibility index (Phi) is 7.82. The highest BCUT2D eigenvalue weighted by Crippen LogP contribution is 2.31. The van der Waals surface area contributed by atoms with Crippen LogP contribution < -0.4 is 14.4 Å². The Morgan fingerprint density at radius 1 is 0.973 bits per heavy atom. The van der Waals surface area contributed by atoms with Crippen LogP contribution in [-0.4, -0.2) is 51.3 Å². The van der Waals surface area contributed by atoms with Gasteiger partial charge in [0.2, 0.25) is 15.9 Å². The normalized spacial score (nSPS) is 15.9. The zero-order chi connectivity index (χ0) is 26.7. The van der Waals surface area contributed by atoms with E-state index in [0.29, 0.717) is 16.5 Å². The molecule has 0 radical (unpaired) electrons. The van der Waals surface area contributed by atoms with Gasteiger partial charge in [0.05, 0.1) is 31.2 Å². The first kappa shape index (κ1) is 26.6. The standard InChI is InChI=1S/C26H24ClFN2O6S/c1-35-23-12-3-17(15-24(23)36-2)13-14-29(37(33,34)21-10-4-18(27)5-11-21)22-16-25(31)30(26(22)32)20-8-6-19(28)7-9-20/h3-12,15,22H,13-14,16H2,1-2H3. The zero-order valence-corrected chi connectivity index (χ0v) is 21.6. The molecule has 1 atom stereocenters. The van der Waals surface area contributed by atoms with Gasteiger partial charge in [0.25, 0.3) is 5.91 Å². The van der Waals surface area contributed by atoms with Crippen LogP contribution in [0, 0.1) is 5.82 Å². The smallest absolute Gasteiger partial charge is 0.252 e. The van der Waals surface area contributed by atoms with Gasteiger partial charge in [0.1, 0.15) is 11.9 Å². The number of amides is 2. The lowest BCUT2D eigenvalue weighted by atomic mass is 10.1. The summed E-state index contributed by atoms with van der Waals surface area (Å²) in [6.45, 7) is -0.0958. The van der Waals surface area contributed by atoms with E-state index >= 15 is 0 Å². The number of methoxy groups -OCH3 is 2. The Morgan fingerprint density at radius 3 is 2.24 bits per heavy atom. The SMILES string of the molecule is COc1ccc(CCN(C2CC(=O)N(c3ccc(F)cc3)C2=O)S(=O)(=O)c2ccc(Cl)cc2)cc1OC. The molecule has 4 rings (SSSR count). The van der Waals surface area contributed by atoms with E-state index in [2.05, 4.69) is 0 Å². The van der Waals surface area contributed by atoms with Gasteiger partial charge in [-0.2, -0.15) is 4.31 Å². The summed E-state index contributed by atoms with van der Waals surface area (Å²) in [4.78, 5) is 27.1. The predicted molar refractivity (Wildman–Crippen MR) is 136 cm³/mol. The van der Waals surface area contributed by atoms with Gasteiger partial charge < -0.3 is 9.47 Å². The molecule has 3 aromatic rings. The number of carbonyl (C=O) groups excluding carboxylic acids is 2. The van der Waals surface area contributed by atoms with Crippen molar-refractivity contribution in [3.05, 3.63) is 83.1 Å². The second-order valence-electron chi connectivity index (χ2n) is 8.27. The molecule has 1 aliphatic rings. The molecule has 3 aromatic carbocycles. The third-order valence-electron chi connectivity index (χ3n) is 6.04. The molecule has 1 fully saturated rings. The van der Waals surface area contributed by atoms with Crippen molar-refractivity contribution in [2.75, 3.05) is 25.7 Å². The highest BCUT2D eigenvalue weighted by molar-refractivity contribution is 7.89. The number of anilines is 1. The molecular formula is C26H24ClFN2O6S. The molecule has 1 aliphatic heterocycles. The maximum Gasteiger partial charge on any atom is 0.252 e. The summed E-state index contributed by atoms with van der Waals surface area (Å²) in [5.41, 5.74) is 0.906. The number of imide groups is 1. The molecule has 1 unspecified atom stereocenters. The first-order valence-corrected chi connectivity index (χ1v) is 13.1. The van der Waals surface area contributed by atoms with Crippen molar-refractivity contribution in [1.82, 2.24) is 4.31 Å². The largest absolute Gasteiger partial charge is 0.493 e. The molecule has 11 heteroatoms. The number of benzene rings is 3. The molecule has 8 nitrogen and oxygen atoms in total. The summed E-state index contributed by atoms with van der Waals surface area (Å²) in [6, 6.07) is 14.3. The fourth-order valence-corrected chi connectivity index (χ4v) is 5.87. The van der Waals surface area contributed by atoms with Gasteiger partial charge in [-0.1, -0.05) is 17.7 Å². The van der Waals surface area contributed by atoms with Gasteiger partial charge >= 0.3 is 0 Å². The van der Waals surface area contributed by atoms with E-state index < -0.39 is 33.7 Å². The predicted octanol–water partition coefficient (Wildman–Crippen LogP) is 4.06. The second-order valence-corrected chi connectivity index (χ2v) is 10.6. The quantitative estimate of drug-likeness (QED) is 0.376. The molecule has 0 saturated carbocycles. The minimum Gasteiger partial charge on any atom is -0.493 e. The first-order chi connectivity index (χ1) is 17.6. The Labute approximate surface area is 219 Å². The third kappa shape index (κ3) is 5.46. The third-order valence-corrected chi connectivity index (χ3v) is 8.22. The van der Waals surface area contributed by atoms with E-state index in [9.17, 15) is 22.4 Å². The van der Waals surface area contributed by atoms with Crippen molar-refractivity contribution in [2.45, 2.75) is 23.8 Å². The molecule has 0 bridgehead atoms. The van der Waals surface area contributed by atoms with Crippen LogP contribution in [0.3, 0.4) is 0 Å². The Balaban J connectivity index is 1.69. The van der Waals surface area contributed by atoms with E-state index in [1.165, 1.54) is 50.6 Å². The molecule has 1 heterocycles. The maximum atomic E-state index is 13.7.